The Bertz CT molecular complexity index is 964. The Morgan fingerprint density at radius 3 is 2.50 bits per heavy atom. The first kappa shape index (κ1) is 20.2. The molecule has 1 aliphatic carbocycles. The quantitative estimate of drug-likeness (QED) is 0.528. The van der Waals surface area contributed by atoms with E-state index in [1.54, 1.807) is 6.07 Å². The monoisotopic (exact) mass is 414 g/mol. The molecular formula is C23H23FO6. The Balaban J connectivity index is 1.53. The maximum Gasteiger partial charge on any atom is 0.317 e. The lowest BCUT2D eigenvalue weighted by Gasteiger charge is -2.28. The standard InChI is InChI=1S/C23H23FO6/c1-27-19-7-5-16(24)13-17(19)18(25)14-30-22(26)23(8-2-3-9-23)15-4-6-20-21(12-15)29-11-10-28-20/h4-7,12-13H,2-3,8-11,14H2,1H3. The summed E-state index contributed by atoms with van der Waals surface area (Å²) in [6.07, 6.45) is 3.02. The van der Waals surface area contributed by atoms with Crippen molar-refractivity contribution >= 4 is 11.8 Å². The molecule has 4 rings (SSSR count). The van der Waals surface area contributed by atoms with Gasteiger partial charge in [0, 0.05) is 0 Å². The van der Waals surface area contributed by atoms with E-state index in [0.717, 1.165) is 24.5 Å². The molecule has 0 N–H and O–H groups in total. The molecule has 0 spiro atoms. The van der Waals surface area contributed by atoms with E-state index >= 15 is 0 Å². The summed E-state index contributed by atoms with van der Waals surface area (Å²) in [5.41, 5.74) is 0.0115. The van der Waals surface area contributed by atoms with Gasteiger partial charge in [-0.2, -0.15) is 0 Å². The lowest BCUT2D eigenvalue weighted by molar-refractivity contribution is -0.149. The molecule has 0 saturated heterocycles. The molecule has 6 nitrogen and oxygen atoms in total. The van der Waals surface area contributed by atoms with Crippen LogP contribution in [0, 0.1) is 5.82 Å². The van der Waals surface area contributed by atoms with E-state index in [1.165, 1.54) is 19.2 Å². The minimum atomic E-state index is -0.831. The smallest absolute Gasteiger partial charge is 0.317 e. The molecule has 2 aliphatic rings. The zero-order valence-electron chi connectivity index (χ0n) is 16.7. The summed E-state index contributed by atoms with van der Waals surface area (Å²) in [4.78, 5) is 25.7. The van der Waals surface area contributed by atoms with Crippen LogP contribution < -0.4 is 14.2 Å². The van der Waals surface area contributed by atoms with Gasteiger partial charge in [-0.3, -0.25) is 9.59 Å². The summed E-state index contributed by atoms with van der Waals surface area (Å²) in [6, 6.07) is 9.16. The fourth-order valence-corrected chi connectivity index (χ4v) is 4.18. The van der Waals surface area contributed by atoms with Gasteiger partial charge in [0.1, 0.15) is 24.8 Å². The molecule has 2 aromatic rings. The van der Waals surface area contributed by atoms with Gasteiger partial charge in [0.15, 0.2) is 18.1 Å². The normalized spacial score (nSPS) is 16.7. The molecule has 1 fully saturated rings. The van der Waals surface area contributed by atoms with Crippen LogP contribution in [0.1, 0.15) is 41.6 Å². The van der Waals surface area contributed by atoms with Crippen molar-refractivity contribution in [3.63, 3.8) is 0 Å². The molecule has 7 heteroatoms. The van der Waals surface area contributed by atoms with Crippen LogP contribution in [0.2, 0.25) is 0 Å². The van der Waals surface area contributed by atoms with Crippen LogP contribution >= 0.6 is 0 Å². The number of carbonyl (C=O) groups is 2. The SMILES string of the molecule is COc1ccc(F)cc1C(=O)COC(=O)C1(c2ccc3c(c2)OCCO3)CCCC1. The zero-order valence-corrected chi connectivity index (χ0v) is 16.7. The molecule has 0 atom stereocenters. The summed E-state index contributed by atoms with van der Waals surface area (Å²) >= 11 is 0. The Kier molecular flexibility index (Phi) is 5.61. The Hall–Kier alpha value is -3.09. The summed E-state index contributed by atoms with van der Waals surface area (Å²) in [6.45, 7) is 0.466. The van der Waals surface area contributed by atoms with Crippen molar-refractivity contribution in [3.8, 4) is 17.2 Å². The molecular weight excluding hydrogens is 391 g/mol. The number of ether oxygens (including phenoxy) is 4. The molecule has 1 heterocycles. The van der Waals surface area contributed by atoms with Gasteiger partial charge in [0.25, 0.3) is 0 Å². The van der Waals surface area contributed by atoms with Gasteiger partial charge in [-0.05, 0) is 48.7 Å². The first-order valence-corrected chi connectivity index (χ1v) is 9.97. The van der Waals surface area contributed by atoms with E-state index in [2.05, 4.69) is 0 Å². The maximum absolute atomic E-state index is 13.6. The van der Waals surface area contributed by atoms with E-state index < -0.39 is 29.6 Å². The van der Waals surface area contributed by atoms with Crippen molar-refractivity contribution < 1.29 is 32.9 Å². The average molecular weight is 414 g/mol. The molecule has 0 aromatic heterocycles. The van der Waals surface area contributed by atoms with Crippen molar-refractivity contribution in [1.29, 1.82) is 0 Å². The predicted molar refractivity (Wildman–Crippen MR) is 106 cm³/mol. The van der Waals surface area contributed by atoms with Gasteiger partial charge in [0.2, 0.25) is 5.78 Å². The number of halogens is 1. The fourth-order valence-electron chi connectivity index (χ4n) is 4.18. The molecule has 0 amide bonds. The summed E-state index contributed by atoms with van der Waals surface area (Å²) < 4.78 is 35.4. The number of Topliss-reactive ketones (excluding diaryl/α,β-unsaturated/α-hetero) is 1. The average Bonchev–Trinajstić information content (AvgIpc) is 3.28. The highest BCUT2D eigenvalue weighted by atomic mass is 19.1. The number of methoxy groups -OCH3 is 1. The van der Waals surface area contributed by atoms with Crippen LogP contribution in [0.5, 0.6) is 17.2 Å². The number of rotatable bonds is 6. The van der Waals surface area contributed by atoms with Gasteiger partial charge in [-0.25, -0.2) is 4.39 Å². The van der Waals surface area contributed by atoms with Crippen molar-refractivity contribution in [2.75, 3.05) is 26.9 Å². The van der Waals surface area contributed by atoms with Gasteiger partial charge in [-0.1, -0.05) is 18.9 Å². The van der Waals surface area contributed by atoms with Crippen LogP contribution in [0.3, 0.4) is 0 Å². The van der Waals surface area contributed by atoms with Crippen molar-refractivity contribution in [2.24, 2.45) is 0 Å². The molecule has 1 saturated carbocycles. The second-order valence-electron chi connectivity index (χ2n) is 7.49. The molecule has 1 aliphatic heterocycles. The number of fused-ring (bicyclic) bond motifs is 1. The third-order valence-corrected chi connectivity index (χ3v) is 5.74. The fraction of sp³-hybridized carbons (Fsp3) is 0.391. The number of hydrogen-bond acceptors (Lipinski definition) is 6. The zero-order chi connectivity index (χ0) is 21.1. The molecule has 158 valence electrons. The number of benzene rings is 2. The molecule has 0 radical (unpaired) electrons. The van der Waals surface area contributed by atoms with Gasteiger partial charge >= 0.3 is 5.97 Å². The molecule has 0 unspecified atom stereocenters. The molecule has 30 heavy (non-hydrogen) atoms. The third-order valence-electron chi connectivity index (χ3n) is 5.74. The number of hydrogen-bond donors (Lipinski definition) is 0. The summed E-state index contributed by atoms with van der Waals surface area (Å²) in [7, 11) is 1.39. The van der Waals surface area contributed by atoms with Crippen molar-refractivity contribution in [3.05, 3.63) is 53.3 Å². The first-order valence-electron chi connectivity index (χ1n) is 9.97. The number of esters is 1. The molecule has 2 aromatic carbocycles. The van der Waals surface area contributed by atoms with Crippen molar-refractivity contribution in [1.82, 2.24) is 0 Å². The van der Waals surface area contributed by atoms with Gasteiger partial charge < -0.3 is 18.9 Å². The minimum absolute atomic E-state index is 0.0464. The summed E-state index contributed by atoms with van der Waals surface area (Å²) in [5.74, 6) is -0.0393. The number of carbonyl (C=O) groups excluding carboxylic acids is 2. The van der Waals surface area contributed by atoms with Gasteiger partial charge in [0.05, 0.1) is 18.1 Å². The first-order chi connectivity index (χ1) is 14.5. The predicted octanol–water partition coefficient (Wildman–Crippen LogP) is 3.84. The second kappa shape index (κ2) is 8.34. The highest BCUT2D eigenvalue weighted by Crippen LogP contribution is 2.45. The van der Waals surface area contributed by atoms with Crippen LogP contribution in [0.25, 0.3) is 0 Å². The number of ketones is 1. The van der Waals surface area contributed by atoms with Crippen LogP contribution in [-0.2, 0) is 14.9 Å². The van der Waals surface area contributed by atoms with E-state index in [-0.39, 0.29) is 11.3 Å². The summed E-state index contributed by atoms with van der Waals surface area (Å²) in [5, 5.41) is 0. The Morgan fingerprint density at radius 2 is 1.77 bits per heavy atom. The minimum Gasteiger partial charge on any atom is -0.496 e. The molecule has 0 bridgehead atoms. The highest BCUT2D eigenvalue weighted by Gasteiger charge is 2.45. The van der Waals surface area contributed by atoms with E-state index in [9.17, 15) is 14.0 Å². The van der Waals surface area contributed by atoms with Crippen molar-refractivity contribution in [2.45, 2.75) is 31.1 Å². The van der Waals surface area contributed by atoms with E-state index in [1.807, 2.05) is 12.1 Å². The highest BCUT2D eigenvalue weighted by molar-refractivity contribution is 6.00. The van der Waals surface area contributed by atoms with E-state index in [0.29, 0.717) is 37.6 Å². The van der Waals surface area contributed by atoms with Crippen LogP contribution in [0.4, 0.5) is 4.39 Å². The topological polar surface area (TPSA) is 71.1 Å². The third kappa shape index (κ3) is 3.72. The van der Waals surface area contributed by atoms with Gasteiger partial charge in [-0.15, -0.1) is 0 Å². The Morgan fingerprint density at radius 1 is 1.03 bits per heavy atom. The largest absolute Gasteiger partial charge is 0.496 e. The van der Waals surface area contributed by atoms with E-state index in [4.69, 9.17) is 18.9 Å². The lowest BCUT2D eigenvalue weighted by atomic mass is 9.78. The second-order valence-corrected chi connectivity index (χ2v) is 7.49. The lowest BCUT2D eigenvalue weighted by Crippen LogP contribution is -2.36. The Labute approximate surface area is 173 Å². The van der Waals surface area contributed by atoms with Crippen LogP contribution in [-0.4, -0.2) is 38.7 Å². The maximum atomic E-state index is 13.6. The van der Waals surface area contributed by atoms with Crippen LogP contribution in [0.15, 0.2) is 36.4 Å².